The lowest BCUT2D eigenvalue weighted by Gasteiger charge is -2.45. The SMILES string of the molecule is CC1(C)O[C@@H](C[C@H](OCc2ccccc2)C(C)(C)C=O)C[C@H](CCO[Si](c2ccccc2)(c2ccccc2)C(C)(C)C)O1. The predicted molar refractivity (Wildman–Crippen MR) is 176 cm³/mol. The van der Waals surface area contributed by atoms with Crippen LogP contribution in [0.4, 0.5) is 0 Å². The van der Waals surface area contributed by atoms with E-state index >= 15 is 0 Å². The molecule has 1 heterocycles. The molecule has 1 aliphatic heterocycles. The van der Waals surface area contributed by atoms with Crippen LogP contribution in [0.25, 0.3) is 0 Å². The lowest BCUT2D eigenvalue weighted by molar-refractivity contribution is -0.305. The fraction of sp³-hybridized carbons (Fsp3) is 0.486. The van der Waals surface area contributed by atoms with Gasteiger partial charge in [-0.3, -0.25) is 0 Å². The molecule has 0 spiro atoms. The Morgan fingerprint density at radius 3 is 1.86 bits per heavy atom. The molecule has 0 N–H and O–H groups in total. The molecule has 1 saturated heterocycles. The highest BCUT2D eigenvalue weighted by molar-refractivity contribution is 6.99. The molecule has 0 bridgehead atoms. The van der Waals surface area contributed by atoms with Crippen LogP contribution in [0.3, 0.4) is 0 Å². The number of hydrogen-bond donors (Lipinski definition) is 0. The summed E-state index contributed by atoms with van der Waals surface area (Å²) in [6, 6.07) is 31.5. The summed E-state index contributed by atoms with van der Waals surface area (Å²) in [6.45, 7) is 15.7. The molecular weight excluding hydrogens is 552 g/mol. The van der Waals surface area contributed by atoms with E-state index < -0.39 is 19.5 Å². The number of carbonyl (C=O) groups excluding carboxylic acids is 1. The summed E-state index contributed by atoms with van der Waals surface area (Å²) in [5.41, 5.74) is 0.434. The Labute approximate surface area is 260 Å². The van der Waals surface area contributed by atoms with E-state index in [0.717, 1.165) is 18.3 Å². The standard InChI is InChI=1S/C37H50O5Si/c1-35(2,3)43(32-19-13-9-14-20-32,33-21-15-10-16-22-33)40-24-23-30-25-31(42-37(6,7)41-30)26-34(36(4,5)28-38)39-27-29-17-11-8-12-18-29/h8-22,28,30-31,34H,23-27H2,1-7H3/t30-,31+,34-/m0/s1. The van der Waals surface area contributed by atoms with Crippen LogP contribution in [-0.2, 0) is 30.0 Å². The third-order valence-electron chi connectivity index (χ3n) is 8.51. The third-order valence-corrected chi connectivity index (χ3v) is 13.5. The Morgan fingerprint density at radius 1 is 0.837 bits per heavy atom. The van der Waals surface area contributed by atoms with Gasteiger partial charge in [0.1, 0.15) is 6.29 Å². The van der Waals surface area contributed by atoms with Crippen LogP contribution < -0.4 is 10.4 Å². The molecule has 1 aliphatic rings. The van der Waals surface area contributed by atoms with Crippen LogP contribution in [0.5, 0.6) is 0 Å². The van der Waals surface area contributed by atoms with Crippen molar-refractivity contribution in [2.45, 2.75) is 103 Å². The van der Waals surface area contributed by atoms with Crippen molar-refractivity contribution in [3.05, 3.63) is 96.6 Å². The van der Waals surface area contributed by atoms with Crippen LogP contribution in [0.15, 0.2) is 91.0 Å². The quantitative estimate of drug-likeness (QED) is 0.155. The van der Waals surface area contributed by atoms with Crippen molar-refractivity contribution in [1.29, 1.82) is 0 Å². The molecule has 0 aromatic heterocycles. The maximum absolute atomic E-state index is 12.1. The molecular formula is C37H50O5Si. The highest BCUT2D eigenvalue weighted by Gasteiger charge is 2.50. The molecule has 1 fully saturated rings. The van der Waals surface area contributed by atoms with E-state index in [9.17, 15) is 4.79 Å². The van der Waals surface area contributed by atoms with Crippen LogP contribution in [-0.4, -0.2) is 45.3 Å². The van der Waals surface area contributed by atoms with E-state index in [-0.39, 0.29) is 23.4 Å². The van der Waals surface area contributed by atoms with Crippen LogP contribution in [0.1, 0.15) is 73.3 Å². The number of ether oxygens (including phenoxy) is 3. The first kappa shape index (κ1) is 33.3. The average Bonchev–Trinajstić information content (AvgIpc) is 2.97. The molecule has 3 aromatic carbocycles. The molecule has 5 nitrogen and oxygen atoms in total. The Bertz CT molecular complexity index is 1230. The van der Waals surface area contributed by atoms with Gasteiger partial charge in [-0.25, -0.2) is 0 Å². The van der Waals surface area contributed by atoms with Gasteiger partial charge in [0.05, 0.1) is 24.9 Å². The van der Waals surface area contributed by atoms with Gasteiger partial charge in [0.2, 0.25) is 0 Å². The summed E-state index contributed by atoms with van der Waals surface area (Å²) in [5.74, 6) is -0.750. The maximum Gasteiger partial charge on any atom is 0.261 e. The lowest BCUT2D eigenvalue weighted by atomic mass is 9.83. The molecule has 0 amide bonds. The zero-order chi connectivity index (χ0) is 31.1. The second-order valence-electron chi connectivity index (χ2n) is 13.9. The van der Waals surface area contributed by atoms with E-state index in [0.29, 0.717) is 26.1 Å². The average molecular weight is 603 g/mol. The van der Waals surface area contributed by atoms with Crippen LogP contribution in [0, 0.1) is 5.41 Å². The van der Waals surface area contributed by atoms with E-state index in [1.54, 1.807) is 0 Å². The van der Waals surface area contributed by atoms with Crippen molar-refractivity contribution in [2.75, 3.05) is 6.61 Å². The topological polar surface area (TPSA) is 54.0 Å². The van der Waals surface area contributed by atoms with Gasteiger partial charge in [-0.05, 0) is 41.2 Å². The van der Waals surface area contributed by atoms with Crippen molar-refractivity contribution in [3.63, 3.8) is 0 Å². The number of carbonyl (C=O) groups is 1. The zero-order valence-electron chi connectivity index (χ0n) is 27.0. The van der Waals surface area contributed by atoms with Crippen LogP contribution in [0.2, 0.25) is 5.04 Å². The van der Waals surface area contributed by atoms with Crippen molar-refractivity contribution >= 4 is 25.0 Å². The third kappa shape index (κ3) is 8.31. The summed E-state index contributed by atoms with van der Waals surface area (Å²) in [6.07, 6.45) is 2.63. The smallest absolute Gasteiger partial charge is 0.261 e. The summed E-state index contributed by atoms with van der Waals surface area (Å²) in [7, 11) is -2.63. The molecule has 3 aromatic rings. The predicted octanol–water partition coefficient (Wildman–Crippen LogP) is 7.06. The van der Waals surface area contributed by atoms with E-state index in [2.05, 4.69) is 81.4 Å². The molecule has 3 atom stereocenters. The van der Waals surface area contributed by atoms with E-state index in [1.807, 2.05) is 58.0 Å². The molecule has 4 rings (SSSR count). The monoisotopic (exact) mass is 602 g/mol. The molecule has 6 heteroatoms. The second-order valence-corrected chi connectivity index (χ2v) is 18.2. The summed E-state index contributed by atoms with van der Waals surface area (Å²) < 4.78 is 26.4. The van der Waals surface area contributed by atoms with Crippen molar-refractivity contribution in [1.82, 2.24) is 0 Å². The fourth-order valence-electron chi connectivity index (χ4n) is 6.32. The Balaban J connectivity index is 1.50. The Kier molecular flexibility index (Phi) is 10.8. The molecule has 0 radical (unpaired) electrons. The van der Waals surface area contributed by atoms with Crippen molar-refractivity contribution in [2.24, 2.45) is 5.41 Å². The van der Waals surface area contributed by atoms with Crippen molar-refractivity contribution in [3.8, 4) is 0 Å². The van der Waals surface area contributed by atoms with E-state index in [1.165, 1.54) is 10.4 Å². The number of benzene rings is 3. The van der Waals surface area contributed by atoms with Crippen LogP contribution >= 0.6 is 0 Å². The van der Waals surface area contributed by atoms with Gasteiger partial charge in [0.15, 0.2) is 5.79 Å². The van der Waals surface area contributed by atoms with Gasteiger partial charge in [-0.15, -0.1) is 0 Å². The normalized spacial score (nSPS) is 20.0. The van der Waals surface area contributed by atoms with Gasteiger partial charge < -0.3 is 23.4 Å². The van der Waals surface area contributed by atoms with Crippen molar-refractivity contribution < 1.29 is 23.4 Å². The zero-order valence-corrected chi connectivity index (χ0v) is 28.0. The molecule has 43 heavy (non-hydrogen) atoms. The number of aldehydes is 1. The minimum atomic E-state index is -2.63. The number of rotatable bonds is 13. The largest absolute Gasteiger partial charge is 0.407 e. The number of hydrogen-bond acceptors (Lipinski definition) is 5. The molecule has 0 unspecified atom stereocenters. The Morgan fingerprint density at radius 2 is 1.35 bits per heavy atom. The highest BCUT2D eigenvalue weighted by Crippen LogP contribution is 2.38. The van der Waals surface area contributed by atoms with Gasteiger partial charge in [-0.1, -0.05) is 126 Å². The first-order valence-corrected chi connectivity index (χ1v) is 17.5. The van der Waals surface area contributed by atoms with Gasteiger partial charge in [-0.2, -0.15) is 0 Å². The minimum Gasteiger partial charge on any atom is -0.407 e. The lowest BCUT2D eigenvalue weighted by Crippen LogP contribution is -2.66. The fourth-order valence-corrected chi connectivity index (χ4v) is 10.9. The summed E-state index contributed by atoms with van der Waals surface area (Å²) in [5, 5.41) is 2.46. The Hall–Kier alpha value is -2.61. The van der Waals surface area contributed by atoms with E-state index in [4.69, 9.17) is 18.6 Å². The summed E-state index contributed by atoms with van der Waals surface area (Å²) in [4.78, 5) is 12.1. The molecule has 232 valence electrons. The first-order valence-electron chi connectivity index (χ1n) is 15.6. The van der Waals surface area contributed by atoms with Gasteiger partial charge >= 0.3 is 0 Å². The molecule has 0 saturated carbocycles. The highest BCUT2D eigenvalue weighted by atomic mass is 28.4. The molecule has 0 aliphatic carbocycles. The summed E-state index contributed by atoms with van der Waals surface area (Å²) >= 11 is 0. The minimum absolute atomic E-state index is 0.0407. The first-order chi connectivity index (χ1) is 20.4. The maximum atomic E-state index is 12.1. The second kappa shape index (κ2) is 14.0. The van der Waals surface area contributed by atoms with Gasteiger partial charge in [0, 0.05) is 24.9 Å². The van der Waals surface area contributed by atoms with Gasteiger partial charge in [0.25, 0.3) is 8.32 Å².